The van der Waals surface area contributed by atoms with Crippen LogP contribution >= 0.6 is 0 Å². The third-order valence-electron chi connectivity index (χ3n) is 5.53. The summed E-state index contributed by atoms with van der Waals surface area (Å²) in [7, 11) is 3.17. The second kappa shape index (κ2) is 17.4. The summed E-state index contributed by atoms with van der Waals surface area (Å²) in [4.78, 5) is 34.4. The minimum absolute atomic E-state index is 0.0805. The number of rotatable bonds is 15. The second-order valence-corrected chi connectivity index (χ2v) is 10.5. The Bertz CT molecular complexity index is 1250. The lowest BCUT2D eigenvalue weighted by Crippen LogP contribution is -2.41. The molecule has 0 aliphatic carbocycles. The van der Waals surface area contributed by atoms with E-state index >= 15 is 0 Å². The number of hydrogen-bond donors (Lipinski definition) is 5. The lowest BCUT2D eigenvalue weighted by atomic mass is 10.1. The molecule has 1 heterocycles. The number of anilines is 4. The van der Waals surface area contributed by atoms with Crippen LogP contribution in [0.4, 0.5) is 27.9 Å². The van der Waals surface area contributed by atoms with Crippen molar-refractivity contribution in [3.8, 4) is 11.8 Å². The zero-order valence-corrected chi connectivity index (χ0v) is 25.5. The number of nitrogens with one attached hydrogen (secondary N) is 5. The van der Waals surface area contributed by atoms with Crippen molar-refractivity contribution < 1.29 is 19.1 Å². The smallest absolute Gasteiger partial charge is 0.410 e. The zero-order chi connectivity index (χ0) is 31.0. The van der Waals surface area contributed by atoms with E-state index in [1.807, 2.05) is 18.2 Å². The molecule has 0 aliphatic heterocycles. The number of carbonyl (C=O) groups excluding carboxylic acids is 2. The molecule has 0 spiro atoms. The van der Waals surface area contributed by atoms with E-state index in [1.165, 1.54) is 18.2 Å². The van der Waals surface area contributed by atoms with Gasteiger partial charge in [0, 0.05) is 63.4 Å². The van der Waals surface area contributed by atoms with Gasteiger partial charge in [0.05, 0.1) is 18.4 Å². The SMILES string of the molecule is CCCNc1nc(Nc2ccc(NCCOC)c(C=N)c2)ncc1C#CCCCNC(=O)CN(C)C(=O)OC(C)(C)C. The first-order chi connectivity index (χ1) is 20.1. The Morgan fingerprint density at radius 1 is 1.17 bits per heavy atom. The summed E-state index contributed by atoms with van der Waals surface area (Å²) < 4.78 is 10.3. The van der Waals surface area contributed by atoms with Crippen LogP contribution in [0, 0.1) is 17.3 Å². The van der Waals surface area contributed by atoms with Gasteiger partial charge >= 0.3 is 6.09 Å². The monoisotopic (exact) mass is 580 g/mol. The molecule has 0 saturated carbocycles. The Kier molecular flexibility index (Phi) is 14.1. The lowest BCUT2D eigenvalue weighted by Gasteiger charge is -2.24. The number of benzene rings is 1. The van der Waals surface area contributed by atoms with Crippen LogP contribution < -0.4 is 21.3 Å². The number of aromatic nitrogens is 2. The first-order valence-electron chi connectivity index (χ1n) is 14.0. The molecule has 1 aromatic heterocycles. The fraction of sp³-hybridized carbons (Fsp3) is 0.500. The minimum Gasteiger partial charge on any atom is -0.444 e. The predicted molar refractivity (Wildman–Crippen MR) is 167 cm³/mol. The standard InChI is InChI=1S/C30H44N8O4/c1-7-14-34-27-22(11-9-8-10-15-33-26(39)21-38(5)29(40)42-30(2,3)4)20-35-28(37-27)36-24-12-13-25(23(18-24)19-31)32-16-17-41-6/h12-13,18-20,31-32H,7-8,10,14-17,21H2,1-6H3,(H,33,39)(H2,34,35,36,37). The molecule has 228 valence electrons. The molecule has 5 N–H and O–H groups in total. The highest BCUT2D eigenvalue weighted by Crippen LogP contribution is 2.22. The van der Waals surface area contributed by atoms with Crippen molar-refractivity contribution in [2.24, 2.45) is 0 Å². The fourth-order valence-electron chi connectivity index (χ4n) is 3.49. The molecule has 0 radical (unpaired) electrons. The maximum Gasteiger partial charge on any atom is 0.410 e. The van der Waals surface area contributed by atoms with E-state index in [2.05, 4.69) is 50.0 Å². The van der Waals surface area contributed by atoms with Gasteiger partial charge in [0.25, 0.3) is 0 Å². The van der Waals surface area contributed by atoms with Crippen LogP contribution in [-0.2, 0) is 14.3 Å². The van der Waals surface area contributed by atoms with Gasteiger partial charge in [0.2, 0.25) is 11.9 Å². The van der Waals surface area contributed by atoms with Gasteiger partial charge in [-0.2, -0.15) is 4.98 Å². The van der Waals surface area contributed by atoms with Crippen molar-refractivity contribution in [1.82, 2.24) is 20.2 Å². The molecule has 1 aromatic carbocycles. The molecule has 0 saturated heterocycles. The highest BCUT2D eigenvalue weighted by Gasteiger charge is 2.20. The summed E-state index contributed by atoms with van der Waals surface area (Å²) in [6, 6.07) is 5.65. The van der Waals surface area contributed by atoms with Crippen molar-refractivity contribution in [2.75, 3.05) is 62.9 Å². The van der Waals surface area contributed by atoms with Gasteiger partial charge in [-0.05, 0) is 51.8 Å². The van der Waals surface area contributed by atoms with Crippen molar-refractivity contribution in [1.29, 1.82) is 5.41 Å². The highest BCUT2D eigenvalue weighted by atomic mass is 16.6. The van der Waals surface area contributed by atoms with Crippen LogP contribution in [0.3, 0.4) is 0 Å². The quantitative estimate of drug-likeness (QED) is 0.118. The van der Waals surface area contributed by atoms with Crippen LogP contribution in [0.25, 0.3) is 0 Å². The van der Waals surface area contributed by atoms with Crippen LogP contribution in [0.5, 0.6) is 0 Å². The third-order valence-corrected chi connectivity index (χ3v) is 5.53. The Labute approximate surface area is 248 Å². The number of amides is 2. The molecule has 0 unspecified atom stereocenters. The van der Waals surface area contributed by atoms with Crippen LogP contribution in [0.2, 0.25) is 0 Å². The Balaban J connectivity index is 1.94. The summed E-state index contributed by atoms with van der Waals surface area (Å²) in [5.41, 5.74) is 2.39. The topological polar surface area (TPSA) is 154 Å². The van der Waals surface area contributed by atoms with Gasteiger partial charge in [-0.1, -0.05) is 18.8 Å². The normalized spacial score (nSPS) is 10.6. The van der Waals surface area contributed by atoms with Crippen molar-refractivity contribution >= 4 is 41.4 Å². The molecular weight excluding hydrogens is 536 g/mol. The second-order valence-electron chi connectivity index (χ2n) is 10.5. The molecule has 0 bridgehead atoms. The Morgan fingerprint density at radius 3 is 2.64 bits per heavy atom. The van der Waals surface area contributed by atoms with Gasteiger partial charge in [0.15, 0.2) is 0 Å². The first-order valence-corrected chi connectivity index (χ1v) is 14.0. The van der Waals surface area contributed by atoms with Crippen molar-refractivity contribution in [2.45, 2.75) is 52.6 Å². The number of ether oxygens (including phenoxy) is 2. The van der Waals surface area contributed by atoms with Crippen LogP contribution in [-0.4, -0.2) is 85.6 Å². The zero-order valence-electron chi connectivity index (χ0n) is 25.5. The van der Waals surface area contributed by atoms with E-state index < -0.39 is 11.7 Å². The van der Waals surface area contributed by atoms with Crippen molar-refractivity contribution in [3.63, 3.8) is 0 Å². The van der Waals surface area contributed by atoms with Gasteiger partial charge < -0.3 is 41.1 Å². The summed E-state index contributed by atoms with van der Waals surface area (Å²) in [5, 5.41) is 20.3. The van der Waals surface area contributed by atoms with Crippen molar-refractivity contribution in [3.05, 3.63) is 35.5 Å². The number of nitrogens with zero attached hydrogens (tertiary/aromatic N) is 3. The molecule has 2 amide bonds. The van der Waals surface area contributed by atoms with Crippen LogP contribution in [0.15, 0.2) is 24.4 Å². The Hall–Kier alpha value is -4.37. The summed E-state index contributed by atoms with van der Waals surface area (Å²) in [6.07, 6.45) is 4.56. The third kappa shape index (κ3) is 12.4. The number of likely N-dealkylation sites (N-methyl/N-ethyl adjacent to an activating group) is 1. The fourth-order valence-corrected chi connectivity index (χ4v) is 3.49. The predicted octanol–water partition coefficient (Wildman–Crippen LogP) is 4.21. The van der Waals surface area contributed by atoms with E-state index in [-0.39, 0.29) is 12.5 Å². The molecule has 0 atom stereocenters. The molecule has 12 heteroatoms. The molecule has 0 fully saturated rings. The minimum atomic E-state index is -0.617. The number of hydrogen-bond acceptors (Lipinski definition) is 10. The summed E-state index contributed by atoms with van der Waals surface area (Å²) in [6.45, 7) is 9.70. The molecular formula is C30H44N8O4. The summed E-state index contributed by atoms with van der Waals surface area (Å²) >= 11 is 0. The maximum atomic E-state index is 12.1. The largest absolute Gasteiger partial charge is 0.444 e. The average molecular weight is 581 g/mol. The molecule has 12 nitrogen and oxygen atoms in total. The maximum absolute atomic E-state index is 12.1. The number of carbonyl (C=O) groups is 2. The highest BCUT2D eigenvalue weighted by molar-refractivity contribution is 5.88. The van der Waals surface area contributed by atoms with Gasteiger partial charge in [0.1, 0.15) is 18.0 Å². The number of methoxy groups -OCH3 is 1. The Morgan fingerprint density at radius 2 is 1.95 bits per heavy atom. The van der Waals surface area contributed by atoms with E-state index in [0.29, 0.717) is 49.9 Å². The van der Waals surface area contributed by atoms with E-state index in [4.69, 9.17) is 14.9 Å². The number of unbranched alkanes of at least 4 members (excludes halogenated alkanes) is 1. The lowest BCUT2D eigenvalue weighted by molar-refractivity contribution is -0.122. The van der Waals surface area contributed by atoms with Gasteiger partial charge in [-0.25, -0.2) is 9.78 Å². The molecule has 0 aliphatic rings. The van der Waals surface area contributed by atoms with Crippen LogP contribution in [0.1, 0.15) is 58.1 Å². The molecule has 2 rings (SSSR count). The van der Waals surface area contributed by atoms with E-state index in [0.717, 1.165) is 29.9 Å². The average Bonchev–Trinajstić information content (AvgIpc) is 2.94. The van der Waals surface area contributed by atoms with Gasteiger partial charge in [-0.3, -0.25) is 4.79 Å². The van der Waals surface area contributed by atoms with Gasteiger partial charge in [-0.15, -0.1) is 0 Å². The van der Waals surface area contributed by atoms with E-state index in [9.17, 15) is 9.59 Å². The molecule has 2 aromatic rings. The van der Waals surface area contributed by atoms with E-state index in [1.54, 1.807) is 34.1 Å². The summed E-state index contributed by atoms with van der Waals surface area (Å²) in [5.74, 6) is 7.03. The first kappa shape index (κ1) is 33.8. The molecule has 42 heavy (non-hydrogen) atoms.